The predicted octanol–water partition coefficient (Wildman–Crippen LogP) is 3.54. The zero-order chi connectivity index (χ0) is 16.8. The van der Waals surface area contributed by atoms with Crippen LogP contribution in [0.3, 0.4) is 0 Å². The number of likely N-dealkylation sites (tertiary alicyclic amines) is 2. The molecule has 2 unspecified atom stereocenters. The van der Waals surface area contributed by atoms with E-state index in [1.165, 1.54) is 31.4 Å². The molecule has 2 atom stereocenters. The molecule has 0 spiro atoms. The average molecular weight is 456 g/mol. The van der Waals surface area contributed by atoms with Crippen LogP contribution in [0, 0.1) is 0 Å². The lowest BCUT2D eigenvalue weighted by atomic mass is 9.99. The maximum absolute atomic E-state index is 4.99. The fourth-order valence-corrected chi connectivity index (χ4v) is 4.09. The van der Waals surface area contributed by atoms with E-state index in [2.05, 4.69) is 59.3 Å². The van der Waals surface area contributed by atoms with Gasteiger partial charge >= 0.3 is 0 Å². The van der Waals surface area contributed by atoms with Crippen molar-refractivity contribution in [3.05, 3.63) is 35.9 Å². The summed E-state index contributed by atoms with van der Waals surface area (Å²) in [4.78, 5) is 10.0. The van der Waals surface area contributed by atoms with E-state index in [0.29, 0.717) is 12.0 Å². The molecule has 2 saturated heterocycles. The van der Waals surface area contributed by atoms with Crippen LogP contribution in [0.1, 0.15) is 44.6 Å². The molecule has 2 aliphatic rings. The summed E-state index contributed by atoms with van der Waals surface area (Å²) in [6, 6.07) is 11.6. The molecule has 2 heterocycles. The monoisotopic (exact) mass is 456 g/mol. The molecule has 2 aliphatic heterocycles. The van der Waals surface area contributed by atoms with Crippen molar-refractivity contribution in [2.24, 2.45) is 4.99 Å². The number of aliphatic imine (C=N–C) groups is 1. The van der Waals surface area contributed by atoms with Gasteiger partial charge in [0.25, 0.3) is 0 Å². The van der Waals surface area contributed by atoms with Crippen LogP contribution in [0.5, 0.6) is 0 Å². The zero-order valence-electron chi connectivity index (χ0n) is 15.7. The molecule has 25 heavy (non-hydrogen) atoms. The second-order valence-electron chi connectivity index (χ2n) is 6.96. The van der Waals surface area contributed by atoms with E-state index in [-0.39, 0.29) is 24.0 Å². The first-order valence-corrected chi connectivity index (χ1v) is 9.64. The Balaban J connectivity index is 0.00000225. The van der Waals surface area contributed by atoms with Gasteiger partial charge in [-0.1, -0.05) is 37.3 Å². The third-order valence-electron chi connectivity index (χ3n) is 5.45. The number of rotatable bonds is 5. The van der Waals surface area contributed by atoms with Crippen LogP contribution < -0.4 is 5.32 Å². The minimum absolute atomic E-state index is 0. The minimum Gasteiger partial charge on any atom is -0.357 e. The van der Waals surface area contributed by atoms with Crippen LogP contribution in [-0.2, 0) is 0 Å². The van der Waals surface area contributed by atoms with Crippen LogP contribution >= 0.6 is 24.0 Å². The van der Waals surface area contributed by atoms with Gasteiger partial charge in [-0.3, -0.25) is 9.89 Å². The Labute approximate surface area is 170 Å². The molecular weight excluding hydrogens is 423 g/mol. The van der Waals surface area contributed by atoms with Crippen LogP contribution in [-0.4, -0.2) is 61.1 Å². The lowest BCUT2D eigenvalue weighted by Crippen LogP contribution is -2.41. The molecule has 0 saturated carbocycles. The Hall–Kier alpha value is -0.820. The largest absolute Gasteiger partial charge is 0.357 e. The van der Waals surface area contributed by atoms with Crippen LogP contribution in [0.4, 0.5) is 0 Å². The first-order valence-electron chi connectivity index (χ1n) is 9.64. The van der Waals surface area contributed by atoms with Gasteiger partial charge in [-0.25, -0.2) is 0 Å². The number of nitrogens with one attached hydrogen (secondary N) is 1. The van der Waals surface area contributed by atoms with Crippen molar-refractivity contribution in [1.82, 2.24) is 15.1 Å². The van der Waals surface area contributed by atoms with E-state index in [1.807, 2.05) is 0 Å². The molecule has 4 nitrogen and oxygen atoms in total. The van der Waals surface area contributed by atoms with E-state index >= 15 is 0 Å². The Kier molecular flexibility index (Phi) is 8.49. The second kappa shape index (κ2) is 10.4. The Bertz CT molecular complexity index is 534. The molecule has 140 valence electrons. The number of benzene rings is 1. The van der Waals surface area contributed by atoms with Gasteiger partial charge in [0.1, 0.15) is 0 Å². The van der Waals surface area contributed by atoms with Crippen molar-refractivity contribution in [2.75, 3.05) is 39.3 Å². The molecule has 1 aromatic rings. The normalized spacial score (nSPS) is 24.4. The number of hydrogen-bond acceptors (Lipinski definition) is 2. The second-order valence-corrected chi connectivity index (χ2v) is 6.96. The summed E-state index contributed by atoms with van der Waals surface area (Å²) >= 11 is 0. The SMILES string of the molecule is CCNC(=NCC1CCCN1CC)N1CCC(c2ccccc2)C1.I. The highest BCUT2D eigenvalue weighted by molar-refractivity contribution is 14.0. The zero-order valence-corrected chi connectivity index (χ0v) is 18.0. The number of nitrogens with zero attached hydrogens (tertiary/aromatic N) is 3. The fraction of sp³-hybridized carbons (Fsp3) is 0.650. The van der Waals surface area contributed by atoms with Crippen LogP contribution in [0.15, 0.2) is 35.3 Å². The average Bonchev–Trinajstić information content (AvgIpc) is 3.28. The number of hydrogen-bond donors (Lipinski definition) is 1. The van der Waals surface area contributed by atoms with E-state index in [4.69, 9.17) is 4.99 Å². The first kappa shape index (κ1) is 20.5. The summed E-state index contributed by atoms with van der Waals surface area (Å²) in [6.07, 6.45) is 3.84. The highest BCUT2D eigenvalue weighted by atomic mass is 127. The van der Waals surface area contributed by atoms with Gasteiger partial charge in [-0.2, -0.15) is 0 Å². The van der Waals surface area contributed by atoms with Gasteiger partial charge in [0.2, 0.25) is 0 Å². The summed E-state index contributed by atoms with van der Waals surface area (Å²) in [6.45, 7) is 10.9. The van der Waals surface area contributed by atoms with Gasteiger partial charge in [0, 0.05) is 31.6 Å². The predicted molar refractivity (Wildman–Crippen MR) is 117 cm³/mol. The highest BCUT2D eigenvalue weighted by Gasteiger charge is 2.27. The molecule has 5 heteroatoms. The van der Waals surface area contributed by atoms with Crippen molar-refractivity contribution in [3.8, 4) is 0 Å². The standard InChI is InChI=1S/C20H32N4.HI/c1-3-21-20(22-15-19-11-8-13-23(19)4-2)24-14-12-18(16-24)17-9-6-5-7-10-17;/h5-7,9-10,18-19H,3-4,8,11-16H2,1-2H3,(H,21,22);1H. The van der Waals surface area contributed by atoms with E-state index < -0.39 is 0 Å². The Morgan fingerprint density at radius 1 is 1.16 bits per heavy atom. The van der Waals surface area contributed by atoms with Crippen molar-refractivity contribution in [1.29, 1.82) is 0 Å². The summed E-state index contributed by atoms with van der Waals surface area (Å²) in [5.74, 6) is 1.74. The molecule has 0 radical (unpaired) electrons. The number of halogens is 1. The number of likely N-dealkylation sites (N-methyl/N-ethyl adjacent to an activating group) is 1. The molecule has 3 rings (SSSR count). The van der Waals surface area contributed by atoms with E-state index in [1.54, 1.807) is 0 Å². The summed E-state index contributed by atoms with van der Waals surface area (Å²) < 4.78 is 0. The first-order chi connectivity index (χ1) is 11.8. The third-order valence-corrected chi connectivity index (χ3v) is 5.45. The third kappa shape index (κ3) is 5.33. The number of guanidine groups is 1. The van der Waals surface area contributed by atoms with Gasteiger partial charge in [-0.15, -0.1) is 24.0 Å². The molecule has 0 aliphatic carbocycles. The lowest BCUT2D eigenvalue weighted by molar-refractivity contribution is 0.272. The summed E-state index contributed by atoms with van der Waals surface area (Å²) in [5, 5.41) is 3.51. The molecular formula is C20H33IN4. The minimum atomic E-state index is 0. The summed E-state index contributed by atoms with van der Waals surface area (Å²) in [5.41, 5.74) is 1.46. The van der Waals surface area contributed by atoms with E-state index in [9.17, 15) is 0 Å². The smallest absolute Gasteiger partial charge is 0.193 e. The lowest BCUT2D eigenvalue weighted by Gasteiger charge is -2.24. The van der Waals surface area contributed by atoms with E-state index in [0.717, 1.165) is 38.7 Å². The van der Waals surface area contributed by atoms with Gasteiger partial charge in [-0.05, 0) is 44.8 Å². The quantitative estimate of drug-likeness (QED) is 0.418. The highest BCUT2D eigenvalue weighted by Crippen LogP contribution is 2.27. The molecule has 1 aromatic carbocycles. The maximum atomic E-state index is 4.99. The van der Waals surface area contributed by atoms with Crippen LogP contribution in [0.25, 0.3) is 0 Å². The van der Waals surface area contributed by atoms with Crippen molar-refractivity contribution in [2.45, 2.75) is 45.1 Å². The molecule has 2 fully saturated rings. The van der Waals surface area contributed by atoms with Crippen molar-refractivity contribution >= 4 is 29.9 Å². The molecule has 0 bridgehead atoms. The molecule has 1 N–H and O–H groups in total. The maximum Gasteiger partial charge on any atom is 0.193 e. The Morgan fingerprint density at radius 2 is 1.96 bits per heavy atom. The topological polar surface area (TPSA) is 30.9 Å². The molecule has 0 aromatic heterocycles. The van der Waals surface area contributed by atoms with Crippen molar-refractivity contribution < 1.29 is 0 Å². The van der Waals surface area contributed by atoms with Crippen molar-refractivity contribution in [3.63, 3.8) is 0 Å². The fourth-order valence-electron chi connectivity index (χ4n) is 4.09. The van der Waals surface area contributed by atoms with Gasteiger partial charge in [0.15, 0.2) is 5.96 Å². The van der Waals surface area contributed by atoms with Gasteiger partial charge in [0.05, 0.1) is 6.54 Å². The molecule has 0 amide bonds. The summed E-state index contributed by atoms with van der Waals surface area (Å²) in [7, 11) is 0. The Morgan fingerprint density at radius 3 is 2.68 bits per heavy atom. The van der Waals surface area contributed by atoms with Crippen LogP contribution in [0.2, 0.25) is 0 Å². The van der Waals surface area contributed by atoms with Gasteiger partial charge < -0.3 is 10.2 Å².